The average Bonchev–Trinajstić information content (AvgIpc) is 2.42. The number of fused-ring (bicyclic) bond motifs is 1. The molecule has 0 spiro atoms. The summed E-state index contributed by atoms with van der Waals surface area (Å²) in [6.45, 7) is 2.64. The molecule has 2 rings (SSSR count). The Balaban J connectivity index is 2.84. The van der Waals surface area contributed by atoms with Gasteiger partial charge in [-0.15, -0.1) is 0 Å². The van der Waals surface area contributed by atoms with E-state index >= 15 is 0 Å². The summed E-state index contributed by atoms with van der Waals surface area (Å²) < 4.78 is 15.4. The van der Waals surface area contributed by atoms with Crippen molar-refractivity contribution < 1.29 is 4.39 Å². The minimum atomic E-state index is -0.258. The van der Waals surface area contributed by atoms with Crippen LogP contribution in [0.3, 0.4) is 0 Å². The maximum absolute atomic E-state index is 12.8. The van der Waals surface area contributed by atoms with Crippen LogP contribution >= 0.6 is 0 Å². The van der Waals surface area contributed by atoms with Gasteiger partial charge in [-0.05, 0) is 0 Å². The number of hydrogen-bond acceptors (Lipinski definition) is 1. The number of hydrogen-bond donors (Lipinski definition) is 0. The third-order valence-electron chi connectivity index (χ3n) is 1.90. The van der Waals surface area contributed by atoms with Crippen molar-refractivity contribution in [3.63, 3.8) is 0 Å². The van der Waals surface area contributed by atoms with Gasteiger partial charge in [0.05, 0.1) is 0 Å². The van der Waals surface area contributed by atoms with Crippen molar-refractivity contribution in [2.75, 3.05) is 0 Å². The van der Waals surface area contributed by atoms with E-state index in [0.717, 1.165) is 4.26 Å². The first-order valence-electron chi connectivity index (χ1n) is 4.01. The zero-order chi connectivity index (χ0) is 9.42. The molecule has 0 fully saturated rings. The van der Waals surface area contributed by atoms with E-state index in [1.165, 1.54) is 12.1 Å². The molecule has 0 unspecified atom stereocenters. The van der Waals surface area contributed by atoms with Crippen LogP contribution in [0.4, 0.5) is 4.39 Å². The fourth-order valence-electron chi connectivity index (χ4n) is 1.25. The van der Waals surface area contributed by atoms with E-state index in [4.69, 9.17) is 0 Å². The summed E-state index contributed by atoms with van der Waals surface area (Å²) in [4.78, 5) is 11.6. The van der Waals surface area contributed by atoms with Crippen molar-refractivity contribution in [2.24, 2.45) is 0 Å². The first kappa shape index (κ1) is 8.73. The predicted molar refractivity (Wildman–Crippen MR) is 50.8 cm³/mol. The van der Waals surface area contributed by atoms with Crippen molar-refractivity contribution in [1.29, 1.82) is 0 Å². The van der Waals surface area contributed by atoms with E-state index in [1.54, 1.807) is 9.63 Å². The van der Waals surface area contributed by atoms with Crippen LogP contribution in [0, 0.1) is 5.82 Å². The Morgan fingerprint density at radius 2 is 2.31 bits per heavy atom. The molecule has 0 atom stereocenters. The summed E-state index contributed by atoms with van der Waals surface area (Å²) in [5.41, 5.74) is 0.0394. The zero-order valence-electron chi connectivity index (χ0n) is 7.08. The van der Waals surface area contributed by atoms with Crippen LogP contribution in [0.1, 0.15) is 6.92 Å². The third kappa shape index (κ3) is 1.36. The van der Waals surface area contributed by atoms with E-state index in [1.807, 2.05) is 6.92 Å². The summed E-state index contributed by atoms with van der Waals surface area (Å²) in [5, 5.41) is 0.670. The monoisotopic (exact) mass is 245 g/mol. The molecule has 0 N–H and O–H groups in total. The molecule has 0 aliphatic rings. The second-order valence-corrected chi connectivity index (χ2v) is 4.96. The summed E-state index contributed by atoms with van der Waals surface area (Å²) in [6.07, 6.45) is 0. The standard InChI is InChI=1S/C9H8FNOSe/c1-2-11-9(12)7-4-3-6(10)5-8(7)13-11/h3-5H,2H2,1H3. The second kappa shape index (κ2) is 3.13. The molecule has 0 radical (unpaired) electrons. The van der Waals surface area contributed by atoms with E-state index in [-0.39, 0.29) is 26.1 Å². The Labute approximate surface area is 80.6 Å². The number of aromatic nitrogens is 1. The molecule has 2 aromatic rings. The molecular formula is C9H8FNOSe. The van der Waals surface area contributed by atoms with Crippen molar-refractivity contribution in [1.82, 2.24) is 3.56 Å². The topological polar surface area (TPSA) is 22.0 Å². The van der Waals surface area contributed by atoms with Crippen LogP contribution in [0.5, 0.6) is 0 Å². The SMILES string of the molecule is CCn1[se]c2cc(F)ccc2c1=O. The summed E-state index contributed by atoms with van der Waals surface area (Å²) >= 11 is -0.0245. The van der Waals surface area contributed by atoms with Crippen molar-refractivity contribution in [3.05, 3.63) is 34.4 Å². The Morgan fingerprint density at radius 1 is 1.54 bits per heavy atom. The van der Waals surface area contributed by atoms with Gasteiger partial charge in [0, 0.05) is 0 Å². The van der Waals surface area contributed by atoms with Gasteiger partial charge in [-0.1, -0.05) is 0 Å². The van der Waals surface area contributed by atoms with E-state index in [0.29, 0.717) is 11.9 Å². The summed E-state index contributed by atoms with van der Waals surface area (Å²) in [5.74, 6) is -0.258. The molecule has 1 aromatic carbocycles. The van der Waals surface area contributed by atoms with Gasteiger partial charge in [0.15, 0.2) is 0 Å². The second-order valence-electron chi connectivity index (χ2n) is 2.73. The molecule has 0 saturated carbocycles. The molecule has 1 aromatic heterocycles. The van der Waals surface area contributed by atoms with Crippen LogP contribution in [0.2, 0.25) is 0 Å². The zero-order valence-corrected chi connectivity index (χ0v) is 8.79. The fourth-order valence-corrected chi connectivity index (χ4v) is 3.28. The van der Waals surface area contributed by atoms with Crippen LogP contribution in [-0.2, 0) is 6.54 Å². The van der Waals surface area contributed by atoms with Crippen LogP contribution < -0.4 is 5.56 Å². The molecule has 0 saturated heterocycles. The number of rotatable bonds is 1. The summed E-state index contributed by atoms with van der Waals surface area (Å²) in [6, 6.07) is 4.37. The number of halogens is 1. The molecule has 2 nitrogen and oxygen atoms in total. The minimum absolute atomic E-state index is 0.0245. The normalized spacial score (nSPS) is 10.9. The Kier molecular flexibility index (Phi) is 2.10. The Morgan fingerprint density at radius 3 is 3.00 bits per heavy atom. The van der Waals surface area contributed by atoms with Gasteiger partial charge in [0.2, 0.25) is 0 Å². The first-order valence-corrected chi connectivity index (χ1v) is 5.64. The summed E-state index contributed by atoms with van der Waals surface area (Å²) in [7, 11) is 0. The Bertz CT molecular complexity index is 500. The van der Waals surface area contributed by atoms with Gasteiger partial charge in [-0.25, -0.2) is 0 Å². The van der Waals surface area contributed by atoms with Crippen LogP contribution in [0.25, 0.3) is 9.65 Å². The first-order chi connectivity index (χ1) is 6.22. The van der Waals surface area contributed by atoms with Gasteiger partial charge in [0.1, 0.15) is 0 Å². The molecule has 68 valence electrons. The van der Waals surface area contributed by atoms with E-state index in [2.05, 4.69) is 0 Å². The van der Waals surface area contributed by atoms with Crippen LogP contribution in [-0.4, -0.2) is 18.3 Å². The maximum atomic E-state index is 12.8. The molecule has 0 bridgehead atoms. The van der Waals surface area contributed by atoms with Gasteiger partial charge in [0.25, 0.3) is 0 Å². The molecule has 4 heteroatoms. The van der Waals surface area contributed by atoms with Crippen LogP contribution in [0.15, 0.2) is 23.0 Å². The third-order valence-corrected chi connectivity index (χ3v) is 4.37. The fraction of sp³-hybridized carbons (Fsp3) is 0.222. The van der Waals surface area contributed by atoms with E-state index in [9.17, 15) is 9.18 Å². The van der Waals surface area contributed by atoms with Gasteiger partial charge in [-0.3, -0.25) is 0 Å². The molecular weight excluding hydrogens is 236 g/mol. The van der Waals surface area contributed by atoms with Gasteiger partial charge >= 0.3 is 80.2 Å². The molecule has 0 amide bonds. The van der Waals surface area contributed by atoms with E-state index < -0.39 is 0 Å². The van der Waals surface area contributed by atoms with Gasteiger partial charge < -0.3 is 0 Å². The average molecular weight is 244 g/mol. The number of aryl methyl sites for hydroxylation is 1. The van der Waals surface area contributed by atoms with Crippen molar-refractivity contribution in [2.45, 2.75) is 13.5 Å². The Hall–Kier alpha value is -0.861. The quantitative estimate of drug-likeness (QED) is 0.691. The predicted octanol–water partition coefficient (Wildman–Crippen LogP) is 1.22. The van der Waals surface area contributed by atoms with Gasteiger partial charge in [-0.2, -0.15) is 0 Å². The number of benzene rings is 1. The molecule has 0 aliphatic carbocycles. The number of nitrogens with zero attached hydrogens (tertiary/aromatic N) is 1. The molecule has 0 aliphatic heterocycles. The molecule has 13 heavy (non-hydrogen) atoms. The van der Waals surface area contributed by atoms with Crippen molar-refractivity contribution in [3.8, 4) is 0 Å². The molecule has 1 heterocycles. The van der Waals surface area contributed by atoms with Crippen molar-refractivity contribution >= 4 is 24.4 Å².